The maximum absolute atomic E-state index is 10.3. The second kappa shape index (κ2) is 4.86. The summed E-state index contributed by atoms with van der Waals surface area (Å²) in [6, 6.07) is 9.44. The van der Waals surface area contributed by atoms with Gasteiger partial charge in [-0.3, -0.25) is 4.98 Å². The predicted molar refractivity (Wildman–Crippen MR) is 69.2 cm³/mol. The fourth-order valence-corrected chi connectivity index (χ4v) is 2.15. The number of aromatic nitrogens is 1. The normalized spacial score (nSPS) is 12.5. The average molecular weight is 248 g/mol. The van der Waals surface area contributed by atoms with E-state index in [2.05, 4.69) is 11.1 Å². The zero-order valence-electron chi connectivity index (χ0n) is 9.81. The summed E-state index contributed by atoms with van der Waals surface area (Å²) in [6.45, 7) is 4.01. The SMILES string of the molecule is Cc1cc(C)cc(C(O)c2ncccc2Cl)c1. The fourth-order valence-electron chi connectivity index (χ4n) is 1.92. The van der Waals surface area contributed by atoms with Crippen LogP contribution in [-0.2, 0) is 0 Å². The number of rotatable bonds is 2. The first-order valence-electron chi connectivity index (χ1n) is 5.44. The number of nitrogens with zero attached hydrogens (tertiary/aromatic N) is 1. The van der Waals surface area contributed by atoms with Crippen molar-refractivity contribution in [1.82, 2.24) is 4.98 Å². The number of halogens is 1. The van der Waals surface area contributed by atoms with E-state index in [9.17, 15) is 5.11 Å². The molecule has 0 aliphatic heterocycles. The van der Waals surface area contributed by atoms with E-state index in [0.29, 0.717) is 10.7 Å². The maximum atomic E-state index is 10.3. The Morgan fingerprint density at radius 2 is 1.82 bits per heavy atom. The number of pyridine rings is 1. The van der Waals surface area contributed by atoms with E-state index >= 15 is 0 Å². The number of hydrogen-bond donors (Lipinski definition) is 1. The van der Waals surface area contributed by atoms with Gasteiger partial charge in [0, 0.05) is 6.20 Å². The first-order valence-corrected chi connectivity index (χ1v) is 5.82. The third kappa shape index (κ3) is 2.65. The molecular weight excluding hydrogens is 234 g/mol. The first-order chi connectivity index (χ1) is 8.08. The molecule has 2 nitrogen and oxygen atoms in total. The molecule has 0 aliphatic carbocycles. The summed E-state index contributed by atoms with van der Waals surface area (Å²) in [7, 11) is 0. The van der Waals surface area contributed by atoms with Crippen LogP contribution in [0.15, 0.2) is 36.5 Å². The van der Waals surface area contributed by atoms with Crippen LogP contribution in [0.25, 0.3) is 0 Å². The first kappa shape index (κ1) is 12.1. The van der Waals surface area contributed by atoms with Crippen LogP contribution in [-0.4, -0.2) is 10.1 Å². The molecule has 1 heterocycles. The minimum atomic E-state index is -0.776. The summed E-state index contributed by atoms with van der Waals surface area (Å²) in [5.41, 5.74) is 3.56. The number of hydrogen-bond acceptors (Lipinski definition) is 2. The lowest BCUT2D eigenvalue weighted by molar-refractivity contribution is 0.215. The van der Waals surface area contributed by atoms with Gasteiger partial charge in [0.2, 0.25) is 0 Å². The summed E-state index contributed by atoms with van der Waals surface area (Å²) >= 11 is 6.03. The molecule has 0 amide bonds. The van der Waals surface area contributed by atoms with E-state index < -0.39 is 6.10 Å². The van der Waals surface area contributed by atoms with E-state index in [-0.39, 0.29) is 0 Å². The largest absolute Gasteiger partial charge is 0.382 e. The molecular formula is C14H14ClNO. The van der Waals surface area contributed by atoms with Crippen molar-refractivity contribution in [2.24, 2.45) is 0 Å². The van der Waals surface area contributed by atoms with Gasteiger partial charge in [0.05, 0.1) is 10.7 Å². The van der Waals surface area contributed by atoms with Gasteiger partial charge < -0.3 is 5.11 Å². The van der Waals surface area contributed by atoms with E-state index in [0.717, 1.165) is 16.7 Å². The Morgan fingerprint density at radius 3 is 2.41 bits per heavy atom. The second-order valence-corrected chi connectivity index (χ2v) is 4.60. The molecule has 2 aromatic rings. The molecule has 1 aromatic heterocycles. The van der Waals surface area contributed by atoms with E-state index in [1.54, 1.807) is 18.3 Å². The Bertz CT molecular complexity index is 519. The highest BCUT2D eigenvalue weighted by Crippen LogP contribution is 2.27. The van der Waals surface area contributed by atoms with Crippen LogP contribution < -0.4 is 0 Å². The van der Waals surface area contributed by atoms with Gasteiger partial charge in [-0.2, -0.15) is 0 Å². The van der Waals surface area contributed by atoms with Crippen LogP contribution in [0, 0.1) is 13.8 Å². The second-order valence-electron chi connectivity index (χ2n) is 4.19. The zero-order valence-corrected chi connectivity index (χ0v) is 10.6. The number of aliphatic hydroxyl groups excluding tert-OH is 1. The Balaban J connectivity index is 2.43. The van der Waals surface area contributed by atoms with Crippen LogP contribution in [0.4, 0.5) is 0 Å². The molecule has 88 valence electrons. The molecule has 0 radical (unpaired) electrons. The highest BCUT2D eigenvalue weighted by Gasteiger charge is 2.15. The Kier molecular flexibility index (Phi) is 3.46. The van der Waals surface area contributed by atoms with Crippen LogP contribution in [0.5, 0.6) is 0 Å². The highest BCUT2D eigenvalue weighted by atomic mass is 35.5. The highest BCUT2D eigenvalue weighted by molar-refractivity contribution is 6.31. The fraction of sp³-hybridized carbons (Fsp3) is 0.214. The van der Waals surface area contributed by atoms with Crippen LogP contribution >= 0.6 is 11.6 Å². The molecule has 0 bridgehead atoms. The van der Waals surface area contributed by atoms with E-state index in [4.69, 9.17) is 11.6 Å². The predicted octanol–water partition coefficient (Wildman–Crippen LogP) is 3.43. The van der Waals surface area contributed by atoms with Gasteiger partial charge in [-0.1, -0.05) is 40.9 Å². The van der Waals surface area contributed by atoms with E-state index in [1.807, 2.05) is 26.0 Å². The lowest BCUT2D eigenvalue weighted by Crippen LogP contribution is -2.03. The van der Waals surface area contributed by atoms with Gasteiger partial charge >= 0.3 is 0 Å². The van der Waals surface area contributed by atoms with Crippen LogP contribution in [0.2, 0.25) is 5.02 Å². The van der Waals surface area contributed by atoms with Crippen molar-refractivity contribution in [2.45, 2.75) is 20.0 Å². The maximum Gasteiger partial charge on any atom is 0.122 e. The molecule has 0 saturated carbocycles. The van der Waals surface area contributed by atoms with Crippen molar-refractivity contribution < 1.29 is 5.11 Å². The monoisotopic (exact) mass is 247 g/mol. The van der Waals surface area contributed by atoms with Crippen LogP contribution in [0.3, 0.4) is 0 Å². The minimum Gasteiger partial charge on any atom is -0.382 e. The summed E-state index contributed by atoms with van der Waals surface area (Å²) < 4.78 is 0. The number of benzene rings is 1. The third-order valence-electron chi connectivity index (χ3n) is 2.61. The van der Waals surface area contributed by atoms with Crippen molar-refractivity contribution in [3.63, 3.8) is 0 Å². The molecule has 2 rings (SSSR count). The quantitative estimate of drug-likeness (QED) is 0.882. The Labute approximate surface area is 106 Å². The summed E-state index contributed by atoms with van der Waals surface area (Å²) in [4.78, 5) is 4.13. The Hall–Kier alpha value is -1.38. The number of aryl methyl sites for hydroxylation is 2. The van der Waals surface area contributed by atoms with Crippen molar-refractivity contribution in [2.75, 3.05) is 0 Å². The topological polar surface area (TPSA) is 33.1 Å². The Morgan fingerprint density at radius 1 is 1.18 bits per heavy atom. The summed E-state index contributed by atoms with van der Waals surface area (Å²) in [6.07, 6.45) is 0.856. The molecule has 0 aliphatic rings. The standard InChI is InChI=1S/C14H14ClNO/c1-9-6-10(2)8-11(7-9)14(17)13-12(15)4-3-5-16-13/h3-8,14,17H,1-2H3. The molecule has 1 unspecified atom stereocenters. The van der Waals surface area contributed by atoms with Gasteiger partial charge in [0.1, 0.15) is 6.10 Å². The summed E-state index contributed by atoms with van der Waals surface area (Å²) in [5.74, 6) is 0. The molecule has 17 heavy (non-hydrogen) atoms. The van der Waals surface area contributed by atoms with Crippen LogP contribution in [0.1, 0.15) is 28.5 Å². The summed E-state index contributed by atoms with van der Waals surface area (Å²) in [5, 5.41) is 10.8. The molecule has 1 N–H and O–H groups in total. The lowest BCUT2D eigenvalue weighted by atomic mass is 10.0. The van der Waals surface area contributed by atoms with Gasteiger partial charge in [-0.15, -0.1) is 0 Å². The molecule has 3 heteroatoms. The van der Waals surface area contributed by atoms with Crippen molar-refractivity contribution in [3.8, 4) is 0 Å². The van der Waals surface area contributed by atoms with Gasteiger partial charge in [-0.25, -0.2) is 0 Å². The molecule has 0 saturated heterocycles. The zero-order chi connectivity index (χ0) is 12.4. The van der Waals surface area contributed by atoms with Crippen molar-refractivity contribution in [3.05, 3.63) is 63.9 Å². The van der Waals surface area contributed by atoms with Crippen molar-refractivity contribution in [1.29, 1.82) is 0 Å². The molecule has 1 atom stereocenters. The van der Waals surface area contributed by atoms with Crippen molar-refractivity contribution >= 4 is 11.6 Å². The van der Waals surface area contributed by atoms with Gasteiger partial charge in [0.15, 0.2) is 0 Å². The lowest BCUT2D eigenvalue weighted by Gasteiger charge is -2.13. The average Bonchev–Trinajstić information content (AvgIpc) is 2.27. The molecule has 1 aromatic carbocycles. The minimum absolute atomic E-state index is 0.485. The van der Waals surface area contributed by atoms with E-state index in [1.165, 1.54) is 0 Å². The van der Waals surface area contributed by atoms with Gasteiger partial charge in [0.25, 0.3) is 0 Å². The third-order valence-corrected chi connectivity index (χ3v) is 2.93. The number of aliphatic hydroxyl groups is 1. The molecule has 0 spiro atoms. The smallest absolute Gasteiger partial charge is 0.122 e. The van der Waals surface area contributed by atoms with Gasteiger partial charge in [-0.05, 0) is 31.5 Å². The molecule has 0 fully saturated rings.